The molecule has 0 aliphatic heterocycles. The first-order valence-electron chi connectivity index (χ1n) is 17.3. The number of carbonyl (C=O) groups excluding carboxylic acids is 4. The molecule has 0 aliphatic carbocycles. The zero-order valence-electron chi connectivity index (χ0n) is 36.5. The van der Waals surface area contributed by atoms with E-state index in [0.717, 1.165) is 51.9 Å². The molecule has 7 rings (SSSR count). The number of nitrogens with zero attached hydrogens (tertiary/aromatic N) is 7. The molecule has 2 heterocycles. The van der Waals surface area contributed by atoms with Crippen LogP contribution in [0, 0.1) is 30.4 Å². The number of fused-ring (bicyclic) bond motifs is 1. The molecule has 0 bridgehead atoms. The van der Waals surface area contributed by atoms with Crippen molar-refractivity contribution in [3.05, 3.63) is 132 Å². The first-order valence-corrected chi connectivity index (χ1v) is 21.0. The molecule has 0 atom stereocenters. The van der Waals surface area contributed by atoms with Gasteiger partial charge in [0, 0.05) is 38.0 Å². The molecular formula is C40H23B2Li4N9O10S3. The van der Waals surface area contributed by atoms with Crippen LogP contribution in [-0.4, -0.2) is 63.7 Å². The van der Waals surface area contributed by atoms with Crippen LogP contribution in [0.15, 0.2) is 139 Å². The number of hydrogen-bond acceptors (Lipinski definition) is 20. The third kappa shape index (κ3) is 17.6. The zero-order valence-corrected chi connectivity index (χ0v) is 38.9. The number of thiazole rings is 1. The molecule has 0 unspecified atom stereocenters. The number of anilines is 4. The fraction of sp³-hybridized carbons (Fsp3) is 0.0250. The van der Waals surface area contributed by atoms with E-state index in [0.29, 0.717) is 33.3 Å². The van der Waals surface area contributed by atoms with Gasteiger partial charge in [0.25, 0.3) is 0 Å². The molecule has 0 spiro atoms. The number of rotatable bonds is 11. The van der Waals surface area contributed by atoms with Gasteiger partial charge in [0.15, 0.2) is 16.6 Å². The Morgan fingerprint density at radius 2 is 1.18 bits per heavy atom. The summed E-state index contributed by atoms with van der Waals surface area (Å²) in [5.74, 6) is 0.0981. The second kappa shape index (κ2) is 30.1. The molecule has 2 N–H and O–H groups in total. The Balaban J connectivity index is 0.00000351. The Morgan fingerprint density at radius 3 is 1.68 bits per heavy atom. The summed E-state index contributed by atoms with van der Waals surface area (Å²) in [6.45, 7) is 1.61. The number of nitrogens with one attached hydrogen (secondary N) is 2. The maximum Gasteiger partial charge on any atom is 1.00 e. The molecule has 4 radical (unpaired) electrons. The Bertz CT molecular complexity index is 3170. The quantitative estimate of drug-likeness (QED) is 0.0534. The maximum atomic E-state index is 11.5. The summed E-state index contributed by atoms with van der Waals surface area (Å²) in [6.07, 6.45) is 0.500. The van der Waals surface area contributed by atoms with E-state index in [1.54, 1.807) is 25.1 Å². The van der Waals surface area contributed by atoms with Gasteiger partial charge in [-0.25, -0.2) is 26.8 Å². The van der Waals surface area contributed by atoms with Crippen molar-refractivity contribution in [3.8, 4) is 17.3 Å². The molecule has 0 fully saturated rings. The number of pyridine rings is 1. The number of benzene rings is 5. The number of hydrogen-bond donors (Lipinski definition) is 2. The normalized spacial score (nSPS) is 10.1. The van der Waals surface area contributed by atoms with E-state index in [1.807, 2.05) is 42.5 Å². The van der Waals surface area contributed by atoms with Gasteiger partial charge in [0.05, 0.1) is 15.4 Å². The first kappa shape index (κ1) is 62.5. The molecule has 0 saturated carbocycles. The van der Waals surface area contributed by atoms with Gasteiger partial charge < -0.3 is 37.9 Å². The predicted molar refractivity (Wildman–Crippen MR) is 228 cm³/mol. The summed E-state index contributed by atoms with van der Waals surface area (Å²) < 4.78 is 69.0. The summed E-state index contributed by atoms with van der Waals surface area (Å²) in [4.78, 5) is 41.0. The van der Waals surface area contributed by atoms with E-state index >= 15 is 0 Å². The van der Waals surface area contributed by atoms with E-state index < -0.39 is 30.0 Å². The third-order valence-electron chi connectivity index (χ3n) is 8.08. The SMILES string of the molecule is Cc1c(C#N)c(Nc2ccc(S(=O)(=O)[O-])cc2)nc(Nc2ccc(S(=O)(=O)[O-])cc2)c1N=Nc1nc(-c2ccc3ccccc3c2)c(N=Nc2c[c-]c[c-]c2)s1.O=C=O.O=C=O.[B][B].[Li+].[Li+].[Li+].[Li+]. The summed E-state index contributed by atoms with van der Waals surface area (Å²) in [5.41, 5.74) is 2.88. The minimum atomic E-state index is -4.72. The predicted octanol–water partition coefficient (Wildman–Crippen LogP) is -4.65. The average molecular weight is 935 g/mol. The standard InChI is InChI=1S/C38H25N9O6S3.2CO2.B2.4Li/c1-23-32(22-39)35(40-27-13-17-30(18-14-27)55(48,49)50)43-36(41-28-15-19-31(20-16-28)56(51,52)53)33(23)45-47-38-42-34(26-12-11-24-7-5-6-8-25(24)21-26)37(54-38)46-44-29-9-3-2-4-10-29;2*2-1-3;1-2;;;;/h2,5-21H,1H3,(H2,40,41,43)(H,48,49,50)(H,51,52,53);;;;;;;/q-2;;;;4*+1/p-2. The Hall–Kier alpha value is -5.47. The molecule has 5 aromatic carbocycles. The number of azo groups is 2. The molecule has 68 heavy (non-hydrogen) atoms. The minimum absolute atomic E-state index is 0. The summed E-state index contributed by atoms with van der Waals surface area (Å²) in [7, 11) is -1.41. The Labute approximate surface area is 444 Å². The average Bonchev–Trinajstić information content (AvgIpc) is 3.69. The van der Waals surface area contributed by atoms with Crippen LogP contribution in [0.2, 0.25) is 0 Å². The van der Waals surface area contributed by atoms with Crippen molar-refractivity contribution in [2.24, 2.45) is 20.5 Å². The third-order valence-corrected chi connectivity index (χ3v) is 10.6. The van der Waals surface area contributed by atoms with Crippen molar-refractivity contribution in [1.82, 2.24) is 9.97 Å². The second-order valence-electron chi connectivity index (χ2n) is 11.9. The van der Waals surface area contributed by atoms with Crippen molar-refractivity contribution in [2.75, 3.05) is 10.6 Å². The van der Waals surface area contributed by atoms with E-state index in [1.165, 1.54) is 24.3 Å². The molecule has 0 saturated heterocycles. The Kier molecular flexibility index (Phi) is 27.7. The van der Waals surface area contributed by atoms with Gasteiger partial charge in [-0.1, -0.05) is 47.7 Å². The van der Waals surface area contributed by atoms with Crippen molar-refractivity contribution in [3.63, 3.8) is 0 Å². The first-order chi connectivity index (χ1) is 30.7. The van der Waals surface area contributed by atoms with Gasteiger partial charge in [-0.15, -0.1) is 15.9 Å². The fourth-order valence-electron chi connectivity index (χ4n) is 5.35. The van der Waals surface area contributed by atoms with Crippen LogP contribution in [0.5, 0.6) is 0 Å². The van der Waals surface area contributed by atoms with Crippen LogP contribution in [-0.2, 0) is 39.4 Å². The monoisotopic (exact) mass is 935 g/mol. The van der Waals surface area contributed by atoms with Gasteiger partial charge in [0.1, 0.15) is 37.7 Å². The Morgan fingerprint density at radius 1 is 0.676 bits per heavy atom. The van der Waals surface area contributed by atoms with Crippen LogP contribution in [0.3, 0.4) is 0 Å². The summed E-state index contributed by atoms with van der Waals surface area (Å²) >= 11 is 1.11. The van der Waals surface area contributed by atoms with Crippen molar-refractivity contribution in [2.45, 2.75) is 16.7 Å². The zero-order chi connectivity index (χ0) is 46.9. The van der Waals surface area contributed by atoms with Gasteiger partial charge in [-0.3, -0.25) is 17.2 Å². The molecule has 316 valence electrons. The van der Waals surface area contributed by atoms with E-state index in [9.17, 15) is 31.2 Å². The van der Waals surface area contributed by atoms with Gasteiger partial charge in [-0.2, -0.15) is 29.6 Å². The van der Waals surface area contributed by atoms with Crippen LogP contribution in [0.4, 0.5) is 44.5 Å². The van der Waals surface area contributed by atoms with Crippen molar-refractivity contribution < 1.29 is 121 Å². The number of nitriles is 1. The minimum Gasteiger partial charge on any atom is -0.744 e. The smallest absolute Gasteiger partial charge is 0.744 e. The fourth-order valence-corrected chi connectivity index (χ4v) is 7.02. The molecule has 7 aromatic rings. The molecule has 0 amide bonds. The van der Waals surface area contributed by atoms with Crippen molar-refractivity contribution >= 4 is 115 Å². The largest absolute Gasteiger partial charge is 1.00 e. The van der Waals surface area contributed by atoms with Gasteiger partial charge in [-0.05, 0) is 72.3 Å². The molecule has 19 nitrogen and oxygen atoms in total. The molecule has 28 heteroatoms. The molecular weight excluding hydrogens is 912 g/mol. The van der Waals surface area contributed by atoms with Crippen LogP contribution in [0.1, 0.15) is 11.1 Å². The second-order valence-corrected chi connectivity index (χ2v) is 15.7. The summed E-state index contributed by atoms with van der Waals surface area (Å²) in [6, 6.07) is 36.5. The number of aromatic nitrogens is 2. The van der Waals surface area contributed by atoms with Gasteiger partial charge in [0.2, 0.25) is 5.13 Å². The van der Waals surface area contributed by atoms with Gasteiger partial charge >= 0.3 is 87.7 Å². The summed E-state index contributed by atoms with van der Waals surface area (Å²) in [5, 5.41) is 36.6. The van der Waals surface area contributed by atoms with E-state index in [-0.39, 0.29) is 116 Å². The van der Waals surface area contributed by atoms with Crippen LogP contribution in [0.25, 0.3) is 22.0 Å². The molecule has 0 aliphatic rings. The maximum absolute atomic E-state index is 11.5. The van der Waals surface area contributed by atoms with E-state index in [2.05, 4.69) is 69.8 Å². The topological polar surface area (TPSA) is 306 Å². The van der Waals surface area contributed by atoms with Crippen LogP contribution >= 0.6 is 11.3 Å². The van der Waals surface area contributed by atoms with Crippen LogP contribution < -0.4 is 86.1 Å². The molecule has 2 aromatic heterocycles. The van der Waals surface area contributed by atoms with E-state index in [4.69, 9.17) is 24.2 Å². The van der Waals surface area contributed by atoms with Crippen molar-refractivity contribution in [1.29, 1.82) is 5.26 Å².